The number of pyridine rings is 1. The smallest absolute Gasteiger partial charge is 0.170 e. The maximum absolute atomic E-state index is 5.96. The summed E-state index contributed by atoms with van der Waals surface area (Å²) in [5.41, 5.74) is 4.48. The zero-order valence-electron chi connectivity index (χ0n) is 18.5. The van der Waals surface area contributed by atoms with Crippen LogP contribution in [0.25, 0.3) is 5.69 Å². The molecule has 1 aromatic carbocycles. The van der Waals surface area contributed by atoms with E-state index in [4.69, 9.17) is 17.0 Å². The zero-order valence-corrected chi connectivity index (χ0v) is 19.3. The van der Waals surface area contributed by atoms with Crippen LogP contribution in [-0.2, 0) is 4.74 Å². The van der Waals surface area contributed by atoms with Crippen molar-refractivity contribution in [2.75, 3.05) is 32.1 Å². The third-order valence-electron chi connectivity index (χ3n) is 6.35. The summed E-state index contributed by atoms with van der Waals surface area (Å²) >= 11 is 5.83. The first kappa shape index (κ1) is 21.0. The van der Waals surface area contributed by atoms with Crippen molar-refractivity contribution in [1.82, 2.24) is 19.8 Å². The Labute approximate surface area is 194 Å². The van der Waals surface area contributed by atoms with Gasteiger partial charge in [0.25, 0.3) is 0 Å². The van der Waals surface area contributed by atoms with Crippen LogP contribution in [0, 0.1) is 0 Å². The molecule has 166 valence electrons. The second-order valence-electron chi connectivity index (χ2n) is 8.63. The number of nitrogens with zero attached hydrogens (tertiary/aromatic N) is 4. The maximum Gasteiger partial charge on any atom is 0.170 e. The van der Waals surface area contributed by atoms with E-state index in [1.54, 1.807) is 0 Å². The predicted molar refractivity (Wildman–Crippen MR) is 131 cm³/mol. The number of nitrogens with one attached hydrogen (secondary N) is 1. The molecule has 5 rings (SSSR count). The van der Waals surface area contributed by atoms with Gasteiger partial charge in [-0.25, -0.2) is 0 Å². The molecule has 0 bridgehead atoms. The van der Waals surface area contributed by atoms with Gasteiger partial charge < -0.3 is 24.4 Å². The molecule has 2 aromatic heterocycles. The van der Waals surface area contributed by atoms with Crippen LogP contribution in [0.5, 0.6) is 0 Å². The highest BCUT2D eigenvalue weighted by atomic mass is 32.1. The number of benzene rings is 1. The Hall–Kier alpha value is -2.90. The highest BCUT2D eigenvalue weighted by molar-refractivity contribution is 7.80. The minimum Gasteiger partial charge on any atom is -0.378 e. The number of hydrogen-bond donors (Lipinski definition) is 1. The van der Waals surface area contributed by atoms with Crippen molar-refractivity contribution < 1.29 is 4.74 Å². The summed E-state index contributed by atoms with van der Waals surface area (Å²) in [5.74, 6) is 0. The topological polar surface area (TPSA) is 45.6 Å². The molecule has 2 saturated heterocycles. The molecule has 0 amide bonds. The van der Waals surface area contributed by atoms with Gasteiger partial charge in [-0.1, -0.05) is 6.07 Å². The normalized spacial score (nSPS) is 22.9. The molecule has 6 nitrogen and oxygen atoms in total. The first-order valence-electron chi connectivity index (χ1n) is 11.2. The molecule has 3 atom stereocenters. The lowest BCUT2D eigenvalue weighted by Gasteiger charge is -2.30. The van der Waals surface area contributed by atoms with Crippen molar-refractivity contribution in [3.63, 3.8) is 0 Å². The van der Waals surface area contributed by atoms with Crippen molar-refractivity contribution in [2.24, 2.45) is 0 Å². The second-order valence-corrected chi connectivity index (χ2v) is 9.01. The third kappa shape index (κ3) is 3.98. The quantitative estimate of drug-likeness (QED) is 0.575. The summed E-state index contributed by atoms with van der Waals surface area (Å²) in [7, 11) is 4.11. The Balaban J connectivity index is 1.54. The highest BCUT2D eigenvalue weighted by Gasteiger charge is 2.42. The molecule has 0 spiro atoms. The van der Waals surface area contributed by atoms with E-state index in [1.807, 2.05) is 18.3 Å². The lowest BCUT2D eigenvalue weighted by atomic mass is 10.0. The van der Waals surface area contributed by atoms with E-state index in [0.29, 0.717) is 0 Å². The fraction of sp³-hybridized carbons (Fsp3) is 0.360. The molecule has 2 fully saturated rings. The molecule has 3 aromatic rings. The van der Waals surface area contributed by atoms with Crippen molar-refractivity contribution in [1.29, 1.82) is 0 Å². The fourth-order valence-electron chi connectivity index (χ4n) is 4.71. The predicted octanol–water partition coefficient (Wildman–Crippen LogP) is 4.09. The van der Waals surface area contributed by atoms with E-state index in [2.05, 4.69) is 87.4 Å². The average molecular weight is 448 g/mol. The first-order valence-corrected chi connectivity index (χ1v) is 11.6. The molecule has 32 heavy (non-hydrogen) atoms. The molecular weight excluding hydrogens is 418 g/mol. The van der Waals surface area contributed by atoms with E-state index < -0.39 is 0 Å². The molecule has 2 aliphatic rings. The number of thiocarbonyl (C=S) groups is 1. The minimum atomic E-state index is -0.0280. The Morgan fingerprint density at radius 1 is 1.12 bits per heavy atom. The van der Waals surface area contributed by atoms with E-state index in [0.717, 1.165) is 42.5 Å². The molecule has 0 saturated carbocycles. The number of hydrogen-bond acceptors (Lipinski definition) is 4. The van der Waals surface area contributed by atoms with Gasteiger partial charge in [0, 0.05) is 56.7 Å². The largest absolute Gasteiger partial charge is 0.378 e. The van der Waals surface area contributed by atoms with Gasteiger partial charge in [-0.05, 0) is 73.6 Å². The fourth-order valence-corrected chi connectivity index (χ4v) is 5.03. The van der Waals surface area contributed by atoms with Crippen LogP contribution in [0.3, 0.4) is 0 Å². The van der Waals surface area contributed by atoms with Gasteiger partial charge in [-0.15, -0.1) is 0 Å². The van der Waals surface area contributed by atoms with Crippen molar-refractivity contribution >= 4 is 23.0 Å². The van der Waals surface area contributed by atoms with Crippen molar-refractivity contribution in [2.45, 2.75) is 31.0 Å². The molecule has 0 unspecified atom stereocenters. The molecule has 7 heteroatoms. The highest BCUT2D eigenvalue weighted by Crippen LogP contribution is 2.40. The SMILES string of the molecule is CN(C)c1ccc(-n2cccc2[C@H]2[C@H](c3ccccn3)NC(=S)N2C[C@@H]2CCCO2)cc1. The van der Waals surface area contributed by atoms with Gasteiger partial charge in [0.2, 0.25) is 0 Å². The van der Waals surface area contributed by atoms with Crippen molar-refractivity contribution in [3.8, 4) is 5.69 Å². The van der Waals surface area contributed by atoms with E-state index in [-0.39, 0.29) is 18.2 Å². The number of ether oxygens (including phenoxy) is 1. The maximum atomic E-state index is 5.96. The van der Waals surface area contributed by atoms with Crippen LogP contribution >= 0.6 is 12.2 Å². The summed E-state index contributed by atoms with van der Waals surface area (Å²) in [4.78, 5) is 9.07. The molecule has 4 heterocycles. The van der Waals surface area contributed by atoms with Gasteiger partial charge in [-0.3, -0.25) is 4.98 Å². The summed E-state index contributed by atoms with van der Waals surface area (Å²) in [6.45, 7) is 1.62. The van der Waals surface area contributed by atoms with E-state index in [1.165, 1.54) is 11.4 Å². The Morgan fingerprint density at radius 2 is 1.97 bits per heavy atom. The van der Waals surface area contributed by atoms with Gasteiger partial charge in [0.15, 0.2) is 5.11 Å². The molecule has 1 N–H and O–H groups in total. The second kappa shape index (κ2) is 8.92. The van der Waals surface area contributed by atoms with Crippen LogP contribution < -0.4 is 10.2 Å². The van der Waals surface area contributed by atoms with Gasteiger partial charge in [0.05, 0.1) is 23.9 Å². The monoisotopic (exact) mass is 447 g/mol. The summed E-state index contributed by atoms with van der Waals surface area (Å²) in [6, 6.07) is 19.0. The number of anilines is 1. The molecule has 0 aliphatic carbocycles. The van der Waals surface area contributed by atoms with Crippen LogP contribution in [-0.4, -0.2) is 52.9 Å². The minimum absolute atomic E-state index is 0.0186. The number of aromatic nitrogens is 2. The Bertz CT molecular complexity index is 1060. The lowest BCUT2D eigenvalue weighted by Crippen LogP contribution is -2.36. The molecule has 2 aliphatic heterocycles. The lowest BCUT2D eigenvalue weighted by molar-refractivity contribution is 0.0836. The molecule has 0 radical (unpaired) electrons. The van der Waals surface area contributed by atoms with E-state index in [9.17, 15) is 0 Å². The molecular formula is C25H29N5OS. The van der Waals surface area contributed by atoms with E-state index >= 15 is 0 Å². The number of rotatable bonds is 6. The van der Waals surface area contributed by atoms with Crippen LogP contribution in [0.4, 0.5) is 5.69 Å². The van der Waals surface area contributed by atoms with Crippen LogP contribution in [0.15, 0.2) is 67.0 Å². The summed E-state index contributed by atoms with van der Waals surface area (Å²) < 4.78 is 8.23. The Morgan fingerprint density at radius 3 is 2.66 bits per heavy atom. The average Bonchev–Trinajstić information content (AvgIpc) is 3.56. The van der Waals surface area contributed by atoms with Gasteiger partial charge in [-0.2, -0.15) is 0 Å². The third-order valence-corrected chi connectivity index (χ3v) is 6.70. The zero-order chi connectivity index (χ0) is 22.1. The standard InChI is InChI=1S/C25H29N5OS/c1-28(2)18-10-12-19(13-11-18)29-15-5-9-22(29)24-23(21-8-3-4-14-26-21)27-25(32)30(24)17-20-7-6-16-31-20/h3-5,8-15,20,23-24H,6-7,16-17H2,1-2H3,(H,27,32)/t20-,23-,24-/m0/s1. The van der Waals surface area contributed by atoms with Crippen LogP contribution in [0.2, 0.25) is 0 Å². The Kier molecular flexibility index (Phi) is 5.85. The van der Waals surface area contributed by atoms with Gasteiger partial charge in [0.1, 0.15) is 0 Å². The van der Waals surface area contributed by atoms with Crippen LogP contribution in [0.1, 0.15) is 36.3 Å². The first-order chi connectivity index (χ1) is 15.6. The van der Waals surface area contributed by atoms with Gasteiger partial charge >= 0.3 is 0 Å². The van der Waals surface area contributed by atoms with Crippen molar-refractivity contribution in [3.05, 3.63) is 78.4 Å². The summed E-state index contributed by atoms with van der Waals surface area (Å²) in [5, 5.41) is 4.32. The summed E-state index contributed by atoms with van der Waals surface area (Å²) in [6.07, 6.45) is 6.37.